The van der Waals surface area contributed by atoms with Crippen LogP contribution in [0.3, 0.4) is 0 Å². The fourth-order valence-corrected chi connectivity index (χ4v) is 6.88. The number of thioether (sulfide) groups is 1. The molecule has 1 amide bonds. The molecule has 0 aliphatic heterocycles. The van der Waals surface area contributed by atoms with E-state index in [0.717, 1.165) is 38.1 Å². The molecule has 282 valence electrons. The van der Waals surface area contributed by atoms with E-state index in [-0.39, 0.29) is 6.09 Å². The highest BCUT2D eigenvalue weighted by Crippen LogP contribution is 2.19. The van der Waals surface area contributed by atoms with E-state index in [1.807, 2.05) is 11.8 Å². The number of allylic oxidation sites excluding steroid dienone is 6. The summed E-state index contributed by atoms with van der Waals surface area (Å²) in [5, 5.41) is 3.36. The number of amides is 1. The molecule has 0 spiro atoms. The monoisotopic (exact) mass is 691 g/mol. The van der Waals surface area contributed by atoms with Crippen LogP contribution in [-0.2, 0) is 4.74 Å². The number of nitrogens with one attached hydrogen (secondary N) is 1. The summed E-state index contributed by atoms with van der Waals surface area (Å²) in [6, 6.07) is 0. The summed E-state index contributed by atoms with van der Waals surface area (Å²) in [4.78, 5) is 14.5. The molecule has 1 N–H and O–H groups in total. The molecule has 1 unspecified atom stereocenters. The van der Waals surface area contributed by atoms with E-state index in [1.54, 1.807) is 0 Å². The van der Waals surface area contributed by atoms with Gasteiger partial charge in [-0.3, -0.25) is 0 Å². The fraction of sp³-hybridized carbons (Fsp3) is 0.837. The summed E-state index contributed by atoms with van der Waals surface area (Å²) in [5.41, 5.74) is 0. The largest absolute Gasteiger partial charge is 0.448 e. The van der Waals surface area contributed by atoms with Crippen LogP contribution in [-0.4, -0.2) is 55.8 Å². The maximum atomic E-state index is 12.3. The second-order valence-electron chi connectivity index (χ2n) is 14.1. The zero-order valence-electron chi connectivity index (χ0n) is 32.6. The molecular formula is C43H82N2O2S. The lowest BCUT2D eigenvalue weighted by atomic mass is 10.1. The number of carbonyl (C=O) groups is 1. The van der Waals surface area contributed by atoms with Gasteiger partial charge in [-0.15, -0.1) is 0 Å². The number of unbranched alkanes of at least 4 members (excludes halogenated alkanes) is 21. The number of ether oxygens (including phenoxy) is 1. The van der Waals surface area contributed by atoms with Crippen LogP contribution >= 0.6 is 11.8 Å². The van der Waals surface area contributed by atoms with E-state index in [1.165, 1.54) is 154 Å². The van der Waals surface area contributed by atoms with Crippen molar-refractivity contribution in [1.29, 1.82) is 0 Å². The highest BCUT2D eigenvalue weighted by Gasteiger charge is 2.13. The number of hydrogen-bond donors (Lipinski definition) is 1. The summed E-state index contributed by atoms with van der Waals surface area (Å²) < 4.78 is 5.64. The molecule has 0 aromatic rings. The van der Waals surface area contributed by atoms with Gasteiger partial charge < -0.3 is 15.0 Å². The smallest absolute Gasteiger partial charge is 0.407 e. The topological polar surface area (TPSA) is 41.6 Å². The van der Waals surface area contributed by atoms with Crippen molar-refractivity contribution in [2.75, 3.05) is 39.5 Å². The van der Waals surface area contributed by atoms with Gasteiger partial charge in [0, 0.05) is 11.8 Å². The van der Waals surface area contributed by atoms with E-state index in [2.05, 4.69) is 74.6 Å². The molecule has 5 heteroatoms. The number of carbonyl (C=O) groups excluding carboxylic acids is 1. The fourth-order valence-electron chi connectivity index (χ4n) is 5.74. The molecule has 0 heterocycles. The van der Waals surface area contributed by atoms with Gasteiger partial charge in [0.05, 0.1) is 0 Å². The van der Waals surface area contributed by atoms with E-state index >= 15 is 0 Å². The van der Waals surface area contributed by atoms with Gasteiger partial charge in [-0.1, -0.05) is 147 Å². The Morgan fingerprint density at radius 1 is 0.604 bits per heavy atom. The van der Waals surface area contributed by atoms with Crippen LogP contribution in [0.5, 0.6) is 0 Å². The molecular weight excluding hydrogens is 609 g/mol. The van der Waals surface area contributed by atoms with Gasteiger partial charge in [-0.05, 0) is 103 Å². The molecule has 4 nitrogen and oxygen atoms in total. The van der Waals surface area contributed by atoms with E-state index in [4.69, 9.17) is 4.74 Å². The normalized spacial score (nSPS) is 12.7. The van der Waals surface area contributed by atoms with Crippen LogP contribution in [0.2, 0.25) is 0 Å². The van der Waals surface area contributed by atoms with Crippen molar-refractivity contribution in [3.8, 4) is 0 Å². The Kier molecular flexibility index (Phi) is 39.2. The maximum Gasteiger partial charge on any atom is 0.407 e. The van der Waals surface area contributed by atoms with Crippen molar-refractivity contribution < 1.29 is 9.53 Å². The summed E-state index contributed by atoms with van der Waals surface area (Å²) in [6.07, 6.45) is 48.6. The molecule has 0 aliphatic carbocycles. The Labute approximate surface area is 305 Å². The maximum absolute atomic E-state index is 12.3. The zero-order chi connectivity index (χ0) is 35.0. The van der Waals surface area contributed by atoms with Gasteiger partial charge in [0.1, 0.15) is 6.61 Å². The average molecular weight is 691 g/mol. The summed E-state index contributed by atoms with van der Waals surface area (Å²) >= 11 is 1.99. The molecule has 0 aromatic heterocycles. The Hall–Kier alpha value is -1.20. The molecule has 0 saturated heterocycles. The Morgan fingerprint density at radius 3 is 1.58 bits per heavy atom. The third-order valence-corrected chi connectivity index (χ3v) is 10.3. The lowest BCUT2D eigenvalue weighted by Gasteiger charge is -2.19. The van der Waals surface area contributed by atoms with Crippen molar-refractivity contribution in [1.82, 2.24) is 10.2 Å². The van der Waals surface area contributed by atoms with Gasteiger partial charge in [0.15, 0.2) is 0 Å². The lowest BCUT2D eigenvalue weighted by molar-refractivity contribution is 0.144. The summed E-state index contributed by atoms with van der Waals surface area (Å²) in [5.74, 6) is 1.16. The number of hydrogen-bond acceptors (Lipinski definition) is 4. The molecule has 0 aliphatic rings. The number of rotatable bonds is 37. The molecule has 1 atom stereocenters. The first-order valence-electron chi connectivity index (χ1n) is 20.7. The van der Waals surface area contributed by atoms with Gasteiger partial charge in [0.2, 0.25) is 0 Å². The van der Waals surface area contributed by atoms with Crippen LogP contribution in [0.25, 0.3) is 0 Å². The van der Waals surface area contributed by atoms with Crippen molar-refractivity contribution in [3.63, 3.8) is 0 Å². The Morgan fingerprint density at radius 2 is 1.04 bits per heavy atom. The van der Waals surface area contributed by atoms with Crippen LogP contribution in [0.1, 0.15) is 187 Å². The highest BCUT2D eigenvalue weighted by molar-refractivity contribution is 7.99. The quantitative estimate of drug-likeness (QED) is 0.0520. The Balaban J connectivity index is 3.73. The predicted molar refractivity (Wildman–Crippen MR) is 218 cm³/mol. The van der Waals surface area contributed by atoms with E-state index < -0.39 is 0 Å². The summed E-state index contributed by atoms with van der Waals surface area (Å²) in [7, 11) is 4.24. The van der Waals surface area contributed by atoms with Crippen molar-refractivity contribution in [2.45, 2.75) is 192 Å². The van der Waals surface area contributed by atoms with Crippen LogP contribution in [0.15, 0.2) is 36.5 Å². The molecule has 0 bridgehead atoms. The van der Waals surface area contributed by atoms with Crippen molar-refractivity contribution in [2.24, 2.45) is 0 Å². The first-order valence-corrected chi connectivity index (χ1v) is 21.8. The van der Waals surface area contributed by atoms with E-state index in [9.17, 15) is 4.79 Å². The first-order chi connectivity index (χ1) is 23.6. The third kappa shape index (κ3) is 39.2. The lowest BCUT2D eigenvalue weighted by Crippen LogP contribution is -2.29. The van der Waals surface area contributed by atoms with Gasteiger partial charge in [-0.25, -0.2) is 4.79 Å². The average Bonchev–Trinajstić information content (AvgIpc) is 3.08. The number of nitrogens with zero attached hydrogens (tertiary/aromatic N) is 1. The van der Waals surface area contributed by atoms with Crippen molar-refractivity contribution >= 4 is 17.9 Å². The molecule has 0 saturated carbocycles. The van der Waals surface area contributed by atoms with Gasteiger partial charge in [-0.2, -0.15) is 11.8 Å². The minimum absolute atomic E-state index is 0.245. The zero-order valence-corrected chi connectivity index (χ0v) is 33.5. The molecule has 0 radical (unpaired) electrons. The SMILES string of the molecule is CCCCC/C=C\C/C=C\CCCCCCCCNC(=O)OCC(CCN(C)C)SCCCCCCCC/C=C\CCCCCCCC. The van der Waals surface area contributed by atoms with Crippen LogP contribution in [0, 0.1) is 0 Å². The van der Waals surface area contributed by atoms with Gasteiger partial charge >= 0.3 is 6.09 Å². The van der Waals surface area contributed by atoms with Crippen molar-refractivity contribution in [3.05, 3.63) is 36.5 Å². The minimum Gasteiger partial charge on any atom is -0.448 e. The Bertz CT molecular complexity index is 736. The summed E-state index contributed by atoms with van der Waals surface area (Å²) in [6.45, 7) is 6.81. The molecule has 48 heavy (non-hydrogen) atoms. The van der Waals surface area contributed by atoms with Crippen LogP contribution < -0.4 is 5.32 Å². The van der Waals surface area contributed by atoms with Gasteiger partial charge in [0.25, 0.3) is 0 Å². The third-order valence-electron chi connectivity index (χ3n) is 8.96. The first kappa shape index (κ1) is 46.8. The predicted octanol–water partition coefficient (Wildman–Crippen LogP) is 13.6. The molecule has 0 fully saturated rings. The molecule has 0 rings (SSSR count). The molecule has 0 aromatic carbocycles. The minimum atomic E-state index is -0.245. The van der Waals surface area contributed by atoms with Crippen LogP contribution in [0.4, 0.5) is 4.79 Å². The second kappa shape index (κ2) is 40.2. The highest BCUT2D eigenvalue weighted by atomic mass is 32.2. The number of alkyl carbamates (subject to hydrolysis) is 1. The second-order valence-corrected chi connectivity index (χ2v) is 15.5. The standard InChI is InChI=1S/C43H82N2O2S/c1-5-7-9-11-13-15-17-19-21-23-25-27-29-31-33-35-38-44-43(46)47-41-42(37-39-45(3)4)48-40-36-34-32-30-28-26-24-22-20-18-16-14-12-10-8-6-2/h13,15,19-22,42H,5-12,14,16-18,23-41H2,1-4H3,(H,44,46)/b15-13-,21-19-,22-20-. The van der Waals surface area contributed by atoms with E-state index in [0.29, 0.717) is 11.9 Å².